The fraction of sp³-hybridized carbons (Fsp3) is 0.576. The van der Waals surface area contributed by atoms with Crippen molar-refractivity contribution in [2.75, 3.05) is 39.8 Å². The summed E-state index contributed by atoms with van der Waals surface area (Å²) in [6, 6.07) is 14.0. The van der Waals surface area contributed by atoms with Crippen molar-refractivity contribution >= 4 is 12.0 Å². The zero-order valence-corrected chi connectivity index (χ0v) is 25.4. The largest absolute Gasteiger partial charge is 0.491 e. The summed E-state index contributed by atoms with van der Waals surface area (Å²) in [4.78, 5) is 31.5. The van der Waals surface area contributed by atoms with Crippen LogP contribution in [-0.2, 0) is 17.7 Å². The van der Waals surface area contributed by atoms with Gasteiger partial charge in [-0.1, -0.05) is 24.3 Å². The molecule has 5 rings (SSSR count). The van der Waals surface area contributed by atoms with Gasteiger partial charge in [-0.2, -0.15) is 0 Å². The number of β-amino-alcohol motifs (C(OH)–C–C–N with tert-alkyl or cyclic N) is 1. The molecule has 1 N–H and O–H groups in total. The fourth-order valence-corrected chi connectivity index (χ4v) is 6.13. The first-order valence-electron chi connectivity index (χ1n) is 15.2. The lowest BCUT2D eigenvalue weighted by molar-refractivity contribution is 0.0139. The van der Waals surface area contributed by atoms with E-state index in [0.717, 1.165) is 45.2 Å². The van der Waals surface area contributed by atoms with Crippen molar-refractivity contribution in [1.82, 2.24) is 14.7 Å². The van der Waals surface area contributed by atoms with E-state index in [2.05, 4.69) is 29.2 Å². The summed E-state index contributed by atoms with van der Waals surface area (Å²) >= 11 is 0. The normalized spacial score (nSPS) is 21.8. The highest BCUT2D eigenvalue weighted by Gasteiger charge is 2.31. The smallest absolute Gasteiger partial charge is 0.410 e. The molecule has 0 aromatic heterocycles. The van der Waals surface area contributed by atoms with Gasteiger partial charge in [0.05, 0.1) is 24.3 Å². The highest BCUT2D eigenvalue weighted by atomic mass is 16.6. The molecule has 0 spiro atoms. The van der Waals surface area contributed by atoms with E-state index in [-0.39, 0.29) is 30.7 Å². The van der Waals surface area contributed by atoms with Crippen LogP contribution in [0.4, 0.5) is 4.79 Å². The van der Waals surface area contributed by atoms with E-state index >= 15 is 0 Å². The average Bonchev–Trinajstić information content (AvgIpc) is 3.10. The lowest BCUT2D eigenvalue weighted by Gasteiger charge is -2.35. The molecule has 2 heterocycles. The average molecular weight is 580 g/mol. The first-order valence-corrected chi connectivity index (χ1v) is 15.2. The standard InChI is InChI=1S/C33H45N3O6/c1-33(2,3)42-32(39)34(4)25-9-11-27(12-10-25)41-28-13-14-29-30(19-28)40-18-17-36(31(29)38)22-26(37)21-35-16-15-23-7-5-6-8-24(23)20-35/h5-8,13-14,19,25-27,37H,9-12,15-18,20-22H2,1-4H3/t25?,26-,27?/m1/s1. The molecule has 9 nitrogen and oxygen atoms in total. The monoisotopic (exact) mass is 579 g/mol. The quantitative estimate of drug-likeness (QED) is 0.517. The fourth-order valence-electron chi connectivity index (χ4n) is 6.13. The van der Waals surface area contributed by atoms with E-state index in [4.69, 9.17) is 14.2 Å². The summed E-state index contributed by atoms with van der Waals surface area (Å²) < 4.78 is 17.8. The van der Waals surface area contributed by atoms with Crippen LogP contribution in [0, 0.1) is 0 Å². The van der Waals surface area contributed by atoms with E-state index in [1.807, 2.05) is 26.8 Å². The SMILES string of the molecule is CN(C(=O)OC(C)(C)C)C1CCC(Oc2ccc3c(c2)OCCN(C[C@H](O)CN2CCc4ccccc4C2)C3=O)CC1. The number of aliphatic hydroxyl groups excluding tert-OH is 1. The second-order valence-electron chi connectivity index (χ2n) is 12.8. The molecule has 42 heavy (non-hydrogen) atoms. The van der Waals surface area contributed by atoms with Gasteiger partial charge >= 0.3 is 6.09 Å². The van der Waals surface area contributed by atoms with Crippen molar-refractivity contribution in [2.45, 2.75) is 83.3 Å². The van der Waals surface area contributed by atoms with Gasteiger partial charge in [-0.05, 0) is 76.1 Å². The van der Waals surface area contributed by atoms with Crippen LogP contribution in [0.5, 0.6) is 11.5 Å². The third-order valence-electron chi connectivity index (χ3n) is 8.37. The zero-order valence-electron chi connectivity index (χ0n) is 25.4. The Balaban J connectivity index is 1.12. The van der Waals surface area contributed by atoms with Crippen molar-refractivity contribution in [3.8, 4) is 11.5 Å². The van der Waals surface area contributed by atoms with Gasteiger partial charge in [-0.3, -0.25) is 9.69 Å². The molecular formula is C33H45N3O6. The number of ether oxygens (including phenoxy) is 3. The van der Waals surface area contributed by atoms with Crippen molar-refractivity contribution in [3.05, 3.63) is 59.2 Å². The number of carbonyl (C=O) groups excluding carboxylic acids is 2. The van der Waals surface area contributed by atoms with Crippen LogP contribution in [0.2, 0.25) is 0 Å². The molecule has 1 aliphatic carbocycles. The van der Waals surface area contributed by atoms with Gasteiger partial charge in [0.1, 0.15) is 23.7 Å². The number of nitrogens with zero attached hydrogens (tertiary/aromatic N) is 3. The summed E-state index contributed by atoms with van der Waals surface area (Å²) in [5, 5.41) is 10.9. The maximum absolute atomic E-state index is 13.4. The van der Waals surface area contributed by atoms with E-state index < -0.39 is 11.7 Å². The minimum Gasteiger partial charge on any atom is -0.491 e. The number of aliphatic hydroxyl groups is 1. The molecule has 0 bridgehead atoms. The molecular weight excluding hydrogens is 534 g/mol. The topological polar surface area (TPSA) is 91.8 Å². The van der Waals surface area contributed by atoms with Crippen LogP contribution < -0.4 is 9.47 Å². The number of hydrogen-bond donors (Lipinski definition) is 1. The number of rotatable bonds is 7. The Labute approximate surface area is 249 Å². The highest BCUT2D eigenvalue weighted by Crippen LogP contribution is 2.32. The molecule has 1 atom stereocenters. The molecule has 2 aromatic carbocycles. The van der Waals surface area contributed by atoms with Crippen LogP contribution in [0.25, 0.3) is 0 Å². The second kappa shape index (κ2) is 12.9. The Kier molecular flexibility index (Phi) is 9.28. The molecule has 1 saturated carbocycles. The Morgan fingerprint density at radius 3 is 2.55 bits per heavy atom. The molecule has 0 radical (unpaired) electrons. The third kappa shape index (κ3) is 7.55. The van der Waals surface area contributed by atoms with Gasteiger partial charge in [0.2, 0.25) is 0 Å². The summed E-state index contributed by atoms with van der Waals surface area (Å²) in [5.74, 6) is 1.05. The molecule has 2 aromatic rings. The Hall–Kier alpha value is -3.30. The zero-order chi connectivity index (χ0) is 29.9. The van der Waals surface area contributed by atoms with Crippen LogP contribution >= 0.6 is 0 Å². The van der Waals surface area contributed by atoms with Crippen LogP contribution in [0.3, 0.4) is 0 Å². The molecule has 2 aliphatic heterocycles. The lowest BCUT2D eigenvalue weighted by Crippen LogP contribution is -2.44. The minimum absolute atomic E-state index is 0.0289. The number of hydrogen-bond acceptors (Lipinski definition) is 7. The van der Waals surface area contributed by atoms with Crippen LogP contribution in [0.1, 0.15) is 67.9 Å². The van der Waals surface area contributed by atoms with E-state index in [1.54, 1.807) is 29.0 Å². The first kappa shape index (κ1) is 30.2. The van der Waals surface area contributed by atoms with Gasteiger partial charge in [-0.25, -0.2) is 4.79 Å². The number of amides is 2. The summed E-state index contributed by atoms with van der Waals surface area (Å²) in [7, 11) is 1.80. The molecule has 0 unspecified atom stereocenters. The van der Waals surface area contributed by atoms with Gasteiger partial charge in [0, 0.05) is 45.3 Å². The minimum atomic E-state index is -0.646. The lowest BCUT2D eigenvalue weighted by atomic mass is 9.92. The molecule has 228 valence electrons. The maximum atomic E-state index is 13.4. The van der Waals surface area contributed by atoms with Crippen molar-refractivity contribution < 1.29 is 28.9 Å². The Morgan fingerprint density at radius 2 is 1.81 bits per heavy atom. The van der Waals surface area contributed by atoms with E-state index in [0.29, 0.717) is 36.8 Å². The van der Waals surface area contributed by atoms with Crippen LogP contribution in [-0.4, -0.2) is 95.5 Å². The summed E-state index contributed by atoms with van der Waals surface area (Å²) in [6.07, 6.45) is 3.38. The molecule has 3 aliphatic rings. The predicted octanol–water partition coefficient (Wildman–Crippen LogP) is 4.50. The van der Waals surface area contributed by atoms with Crippen LogP contribution in [0.15, 0.2) is 42.5 Å². The van der Waals surface area contributed by atoms with Gasteiger partial charge in [0.25, 0.3) is 5.91 Å². The molecule has 9 heteroatoms. The Morgan fingerprint density at radius 1 is 1.07 bits per heavy atom. The van der Waals surface area contributed by atoms with E-state index in [9.17, 15) is 14.7 Å². The van der Waals surface area contributed by atoms with Gasteiger partial charge < -0.3 is 29.1 Å². The first-order chi connectivity index (χ1) is 20.1. The molecule has 1 fully saturated rings. The second-order valence-corrected chi connectivity index (χ2v) is 12.8. The summed E-state index contributed by atoms with van der Waals surface area (Å²) in [6.45, 7) is 8.89. The highest BCUT2D eigenvalue weighted by molar-refractivity contribution is 5.97. The van der Waals surface area contributed by atoms with Crippen molar-refractivity contribution in [3.63, 3.8) is 0 Å². The number of carbonyl (C=O) groups is 2. The number of fused-ring (bicyclic) bond motifs is 2. The number of benzene rings is 2. The van der Waals surface area contributed by atoms with E-state index in [1.165, 1.54) is 11.1 Å². The van der Waals surface area contributed by atoms with Crippen molar-refractivity contribution in [2.24, 2.45) is 0 Å². The predicted molar refractivity (Wildman–Crippen MR) is 160 cm³/mol. The summed E-state index contributed by atoms with van der Waals surface area (Å²) in [5.41, 5.74) is 2.66. The maximum Gasteiger partial charge on any atom is 0.410 e. The van der Waals surface area contributed by atoms with Gasteiger partial charge in [0.15, 0.2) is 0 Å². The van der Waals surface area contributed by atoms with Crippen molar-refractivity contribution in [1.29, 1.82) is 0 Å². The third-order valence-corrected chi connectivity index (χ3v) is 8.37. The Bertz CT molecular complexity index is 1250. The molecule has 0 saturated heterocycles. The molecule has 2 amide bonds. The van der Waals surface area contributed by atoms with Gasteiger partial charge in [-0.15, -0.1) is 0 Å².